The van der Waals surface area contributed by atoms with Crippen molar-refractivity contribution in [3.63, 3.8) is 0 Å². The topological polar surface area (TPSA) is 147 Å². The molecule has 2 aromatic carbocycles. The number of carbonyl (C=O) groups is 5. The summed E-state index contributed by atoms with van der Waals surface area (Å²) in [5.41, 5.74) is 0.823. The molecule has 0 unspecified atom stereocenters. The van der Waals surface area contributed by atoms with Crippen LogP contribution in [0.2, 0.25) is 0 Å². The Morgan fingerprint density at radius 1 is 0.822 bits per heavy atom. The third-order valence-corrected chi connectivity index (χ3v) is 7.79. The molecule has 0 aromatic heterocycles. The third-order valence-electron chi connectivity index (χ3n) is 6.65. The molecule has 1 amide bonds. The lowest BCUT2D eigenvalue weighted by Crippen LogP contribution is -2.61. The molecule has 0 saturated carbocycles. The molecule has 2 aliphatic rings. The largest absolute Gasteiger partial charge is 0.463 e. The van der Waals surface area contributed by atoms with Crippen LogP contribution in [0.5, 0.6) is 0 Å². The van der Waals surface area contributed by atoms with Crippen LogP contribution in [0.1, 0.15) is 38.8 Å². The summed E-state index contributed by atoms with van der Waals surface area (Å²) in [6, 6.07) is 18.8. The molecule has 2 aromatic rings. The number of aliphatic imine (C=N–C) groups is 1. The standard InChI is InChI=1S/C32H34N2O10S/c1-19(35)40-18-26-27(41-20(2)36)28(42-21(3)37)29(43-22(4)38)31(44-26)45-32-33-25(17-24-13-9-6-10-14-24)30(39)34(32)16-15-23-11-7-5-8-12-23/h5-14,17,26-29,31H,15-16,18H2,1-4H3/b25-17-/t26-,27-,28+,29-,31+/m1/s1. The number of rotatable bonds is 10. The van der Waals surface area contributed by atoms with Crippen molar-refractivity contribution in [3.8, 4) is 0 Å². The predicted octanol–water partition coefficient (Wildman–Crippen LogP) is 3.28. The van der Waals surface area contributed by atoms with Gasteiger partial charge in [0.25, 0.3) is 5.91 Å². The number of esters is 4. The highest BCUT2D eigenvalue weighted by molar-refractivity contribution is 8.14. The summed E-state index contributed by atoms with van der Waals surface area (Å²) >= 11 is 0.972. The zero-order valence-electron chi connectivity index (χ0n) is 25.2. The number of amidine groups is 1. The van der Waals surface area contributed by atoms with E-state index in [0.717, 1.165) is 36.7 Å². The molecule has 4 rings (SSSR count). The molecule has 45 heavy (non-hydrogen) atoms. The van der Waals surface area contributed by atoms with Crippen molar-refractivity contribution < 1.29 is 47.7 Å². The average molecular weight is 639 g/mol. The molecular weight excluding hydrogens is 604 g/mol. The number of hydrogen-bond acceptors (Lipinski definition) is 12. The van der Waals surface area contributed by atoms with Crippen molar-refractivity contribution in [1.82, 2.24) is 4.90 Å². The van der Waals surface area contributed by atoms with Gasteiger partial charge < -0.3 is 23.7 Å². The number of amides is 1. The second-order valence-corrected chi connectivity index (χ2v) is 11.3. The molecule has 1 fully saturated rings. The van der Waals surface area contributed by atoms with Crippen LogP contribution in [0, 0.1) is 0 Å². The van der Waals surface area contributed by atoms with Crippen LogP contribution < -0.4 is 0 Å². The minimum atomic E-state index is -1.34. The second kappa shape index (κ2) is 15.5. The maximum absolute atomic E-state index is 13.7. The summed E-state index contributed by atoms with van der Waals surface area (Å²) < 4.78 is 28.0. The first-order chi connectivity index (χ1) is 21.5. The highest BCUT2D eigenvalue weighted by Crippen LogP contribution is 2.37. The summed E-state index contributed by atoms with van der Waals surface area (Å²) in [5, 5.41) is 0.249. The van der Waals surface area contributed by atoms with Gasteiger partial charge in [-0.25, -0.2) is 4.99 Å². The van der Waals surface area contributed by atoms with Gasteiger partial charge in [-0.2, -0.15) is 0 Å². The zero-order chi connectivity index (χ0) is 32.5. The molecule has 0 bridgehead atoms. The SMILES string of the molecule is CC(=O)OC[C@H]1O[C@@H](SC2=N/C(=C\c3ccccc3)C(=O)N2CCc2ccccc2)[C@H](OC(C)=O)[C@@H](OC(C)=O)[C@@H]1OC(C)=O. The molecule has 1 saturated heterocycles. The van der Waals surface area contributed by atoms with Crippen LogP contribution in [0.4, 0.5) is 0 Å². The Labute approximate surface area is 264 Å². The first kappa shape index (κ1) is 33.4. The average Bonchev–Trinajstić information content (AvgIpc) is 3.27. The Bertz CT molecular complexity index is 1460. The van der Waals surface area contributed by atoms with E-state index < -0.39 is 53.7 Å². The molecule has 2 heterocycles. The van der Waals surface area contributed by atoms with Crippen LogP contribution >= 0.6 is 11.8 Å². The number of carbonyl (C=O) groups excluding carboxylic acids is 5. The Morgan fingerprint density at radius 3 is 2.00 bits per heavy atom. The fourth-order valence-corrected chi connectivity index (χ4v) is 6.00. The van der Waals surface area contributed by atoms with Crippen molar-refractivity contribution in [1.29, 1.82) is 0 Å². The molecule has 5 atom stereocenters. The molecule has 0 N–H and O–H groups in total. The van der Waals surface area contributed by atoms with Crippen molar-refractivity contribution in [2.24, 2.45) is 4.99 Å². The first-order valence-electron chi connectivity index (χ1n) is 14.2. The van der Waals surface area contributed by atoms with Gasteiger partial charge in [-0.1, -0.05) is 72.4 Å². The van der Waals surface area contributed by atoms with Gasteiger partial charge in [0.15, 0.2) is 28.9 Å². The van der Waals surface area contributed by atoms with E-state index in [0.29, 0.717) is 6.42 Å². The number of nitrogens with zero attached hydrogens (tertiary/aromatic N) is 2. The van der Waals surface area contributed by atoms with Crippen LogP contribution in [0.25, 0.3) is 6.08 Å². The van der Waals surface area contributed by atoms with Gasteiger partial charge in [-0.3, -0.25) is 28.9 Å². The summed E-state index contributed by atoms with van der Waals surface area (Å²) in [7, 11) is 0. The van der Waals surface area contributed by atoms with Gasteiger partial charge in [0, 0.05) is 34.2 Å². The van der Waals surface area contributed by atoms with E-state index in [9.17, 15) is 24.0 Å². The number of thioether (sulfide) groups is 1. The molecule has 0 aliphatic carbocycles. The Balaban J connectivity index is 1.72. The quantitative estimate of drug-likeness (QED) is 0.215. The lowest BCUT2D eigenvalue weighted by molar-refractivity contribution is -0.237. The number of hydrogen-bond donors (Lipinski definition) is 0. The summed E-state index contributed by atoms with van der Waals surface area (Å²) in [4.78, 5) is 68.1. The Kier molecular flexibility index (Phi) is 11.5. The van der Waals surface area contributed by atoms with E-state index in [1.807, 2.05) is 60.7 Å². The fraction of sp³-hybridized carbons (Fsp3) is 0.375. The van der Waals surface area contributed by atoms with Crippen molar-refractivity contribution in [2.75, 3.05) is 13.2 Å². The monoisotopic (exact) mass is 638 g/mol. The molecule has 0 radical (unpaired) electrons. The zero-order valence-corrected chi connectivity index (χ0v) is 26.1. The van der Waals surface area contributed by atoms with Crippen molar-refractivity contribution in [2.45, 2.75) is 64.0 Å². The molecule has 13 heteroatoms. The normalized spacial score (nSPS) is 23.7. The molecular formula is C32H34N2O10S. The van der Waals surface area contributed by atoms with Gasteiger partial charge in [0.05, 0.1) is 0 Å². The Hall–Kier alpha value is -4.49. The van der Waals surface area contributed by atoms with Gasteiger partial charge in [-0.05, 0) is 23.6 Å². The summed E-state index contributed by atoms with van der Waals surface area (Å²) in [6.07, 6.45) is -2.87. The van der Waals surface area contributed by atoms with Gasteiger partial charge >= 0.3 is 23.9 Å². The van der Waals surface area contributed by atoms with Crippen molar-refractivity contribution in [3.05, 3.63) is 77.5 Å². The van der Waals surface area contributed by atoms with Gasteiger partial charge in [0.2, 0.25) is 0 Å². The van der Waals surface area contributed by atoms with Crippen LogP contribution in [0.3, 0.4) is 0 Å². The predicted molar refractivity (Wildman–Crippen MR) is 163 cm³/mol. The second-order valence-electron chi connectivity index (χ2n) is 10.2. The minimum Gasteiger partial charge on any atom is -0.463 e. The summed E-state index contributed by atoms with van der Waals surface area (Å²) in [5.74, 6) is -3.15. The van der Waals surface area contributed by atoms with Crippen molar-refractivity contribution >= 4 is 52.8 Å². The number of benzene rings is 2. The van der Waals surface area contributed by atoms with Gasteiger partial charge in [0.1, 0.15) is 18.4 Å². The van der Waals surface area contributed by atoms with Crippen LogP contribution in [0.15, 0.2) is 71.4 Å². The lowest BCUT2D eigenvalue weighted by Gasteiger charge is -2.44. The highest BCUT2D eigenvalue weighted by Gasteiger charge is 2.53. The highest BCUT2D eigenvalue weighted by atomic mass is 32.2. The third kappa shape index (κ3) is 9.25. The van der Waals surface area contributed by atoms with E-state index in [2.05, 4.69) is 4.99 Å². The molecule has 12 nitrogen and oxygen atoms in total. The maximum atomic E-state index is 13.7. The molecule has 0 spiro atoms. The van der Waals surface area contributed by atoms with E-state index in [1.54, 1.807) is 6.08 Å². The van der Waals surface area contributed by atoms with Crippen LogP contribution in [-0.4, -0.2) is 82.9 Å². The summed E-state index contributed by atoms with van der Waals surface area (Å²) in [6.45, 7) is 4.58. The van der Waals surface area contributed by atoms with Gasteiger partial charge in [-0.15, -0.1) is 0 Å². The Morgan fingerprint density at radius 2 is 1.40 bits per heavy atom. The first-order valence-corrected chi connectivity index (χ1v) is 15.1. The fourth-order valence-electron chi connectivity index (χ4n) is 4.80. The van der Waals surface area contributed by atoms with Crippen LogP contribution in [-0.2, 0) is 54.1 Å². The molecule has 238 valence electrons. The smallest absolute Gasteiger partial charge is 0.303 e. The lowest BCUT2D eigenvalue weighted by atomic mass is 9.99. The minimum absolute atomic E-state index is 0.183. The van der Waals surface area contributed by atoms with E-state index in [-0.39, 0.29) is 29.9 Å². The van der Waals surface area contributed by atoms with E-state index >= 15 is 0 Å². The maximum Gasteiger partial charge on any atom is 0.303 e. The molecule has 2 aliphatic heterocycles. The number of ether oxygens (including phenoxy) is 5. The van der Waals surface area contributed by atoms with E-state index in [1.165, 1.54) is 18.7 Å². The van der Waals surface area contributed by atoms with E-state index in [4.69, 9.17) is 23.7 Å².